The highest BCUT2D eigenvalue weighted by Crippen LogP contribution is 2.37. The van der Waals surface area contributed by atoms with Crippen LogP contribution in [0.2, 0.25) is 5.02 Å². The fourth-order valence-corrected chi connectivity index (χ4v) is 3.55. The van der Waals surface area contributed by atoms with Gasteiger partial charge in [-0.15, -0.1) is 0 Å². The average molecular weight is 215 g/mol. The van der Waals surface area contributed by atoms with Crippen LogP contribution in [-0.2, 0) is 9.84 Å². The van der Waals surface area contributed by atoms with E-state index in [2.05, 4.69) is 0 Å². The van der Waals surface area contributed by atoms with Gasteiger partial charge in [-0.3, -0.25) is 0 Å². The molecule has 2 nitrogen and oxygen atoms in total. The van der Waals surface area contributed by atoms with Crippen LogP contribution in [0.4, 0.5) is 0 Å². The first kappa shape index (κ1) is 8.78. The maximum atomic E-state index is 11.5. The standard InChI is InChI=1S/C9H7ClO2S/c1-6-5-13(11,12)9-7(6)3-2-4-8(9)10/h2-5H,1H3. The Kier molecular flexibility index (Phi) is 1.75. The molecule has 13 heavy (non-hydrogen) atoms. The topological polar surface area (TPSA) is 34.1 Å². The van der Waals surface area contributed by atoms with Gasteiger partial charge in [0.2, 0.25) is 9.84 Å². The van der Waals surface area contributed by atoms with Gasteiger partial charge in [0.05, 0.1) is 9.92 Å². The minimum atomic E-state index is -3.28. The second-order valence-corrected chi connectivity index (χ2v) is 5.10. The third-order valence-electron chi connectivity index (χ3n) is 2.01. The fraction of sp³-hybridized carbons (Fsp3) is 0.111. The van der Waals surface area contributed by atoms with E-state index in [-0.39, 0.29) is 4.90 Å². The zero-order valence-electron chi connectivity index (χ0n) is 6.91. The summed E-state index contributed by atoms with van der Waals surface area (Å²) in [5.41, 5.74) is 1.46. The molecule has 0 fully saturated rings. The third kappa shape index (κ3) is 1.19. The van der Waals surface area contributed by atoms with Crippen LogP contribution in [0.25, 0.3) is 5.57 Å². The van der Waals surface area contributed by atoms with Gasteiger partial charge >= 0.3 is 0 Å². The Balaban J connectivity index is 2.90. The lowest BCUT2D eigenvalue weighted by Gasteiger charge is -2.01. The zero-order valence-corrected chi connectivity index (χ0v) is 8.48. The SMILES string of the molecule is CC1=CS(=O)(=O)c2c(Cl)cccc21. The Morgan fingerprint density at radius 3 is 2.62 bits per heavy atom. The van der Waals surface area contributed by atoms with Crippen LogP contribution in [0.15, 0.2) is 28.5 Å². The molecule has 0 unspecified atom stereocenters. The average Bonchev–Trinajstić information content (AvgIpc) is 2.24. The van der Waals surface area contributed by atoms with Crippen LogP contribution < -0.4 is 0 Å². The number of benzene rings is 1. The van der Waals surface area contributed by atoms with E-state index < -0.39 is 9.84 Å². The molecule has 0 atom stereocenters. The van der Waals surface area contributed by atoms with Gasteiger partial charge in [0.15, 0.2) is 0 Å². The van der Waals surface area contributed by atoms with Crippen molar-refractivity contribution in [1.82, 2.24) is 0 Å². The van der Waals surface area contributed by atoms with Crippen LogP contribution >= 0.6 is 11.6 Å². The molecular formula is C9H7ClO2S. The molecule has 0 saturated carbocycles. The van der Waals surface area contributed by atoms with Crippen molar-refractivity contribution in [3.8, 4) is 0 Å². The first-order valence-corrected chi connectivity index (χ1v) is 5.67. The molecule has 4 heteroatoms. The van der Waals surface area contributed by atoms with Crippen LogP contribution in [0.1, 0.15) is 12.5 Å². The minimum absolute atomic E-state index is 0.245. The molecule has 2 rings (SSSR count). The maximum Gasteiger partial charge on any atom is 0.202 e. The van der Waals surface area contributed by atoms with E-state index in [1.165, 1.54) is 5.41 Å². The van der Waals surface area contributed by atoms with Crippen molar-refractivity contribution in [3.63, 3.8) is 0 Å². The first-order valence-electron chi connectivity index (χ1n) is 3.74. The number of fused-ring (bicyclic) bond motifs is 1. The van der Waals surface area contributed by atoms with E-state index in [1.807, 2.05) is 0 Å². The highest BCUT2D eigenvalue weighted by molar-refractivity contribution is 7.95. The van der Waals surface area contributed by atoms with Crippen LogP contribution in [0.5, 0.6) is 0 Å². The quantitative estimate of drug-likeness (QED) is 0.665. The molecule has 1 aromatic rings. The lowest BCUT2D eigenvalue weighted by Crippen LogP contribution is -1.93. The molecular weight excluding hydrogens is 208 g/mol. The molecule has 1 heterocycles. The van der Waals surface area contributed by atoms with E-state index >= 15 is 0 Å². The molecule has 0 amide bonds. The molecule has 0 saturated heterocycles. The van der Waals surface area contributed by atoms with Gasteiger partial charge in [-0.2, -0.15) is 0 Å². The van der Waals surface area contributed by atoms with E-state index in [1.54, 1.807) is 25.1 Å². The zero-order chi connectivity index (χ0) is 9.64. The summed E-state index contributed by atoms with van der Waals surface area (Å²) in [7, 11) is -3.28. The van der Waals surface area contributed by atoms with Crippen molar-refractivity contribution in [3.05, 3.63) is 34.2 Å². The van der Waals surface area contributed by atoms with Gasteiger partial charge in [-0.1, -0.05) is 23.7 Å². The van der Waals surface area contributed by atoms with Crippen molar-refractivity contribution in [2.45, 2.75) is 11.8 Å². The first-order chi connectivity index (χ1) is 6.02. The van der Waals surface area contributed by atoms with Crippen LogP contribution in [-0.4, -0.2) is 8.42 Å². The van der Waals surface area contributed by atoms with Crippen molar-refractivity contribution in [1.29, 1.82) is 0 Å². The van der Waals surface area contributed by atoms with Crippen molar-refractivity contribution in [2.24, 2.45) is 0 Å². The van der Waals surface area contributed by atoms with Crippen molar-refractivity contribution in [2.75, 3.05) is 0 Å². The van der Waals surface area contributed by atoms with E-state index in [4.69, 9.17) is 11.6 Å². The number of hydrogen-bond acceptors (Lipinski definition) is 2. The van der Waals surface area contributed by atoms with Gasteiger partial charge in [0.25, 0.3) is 0 Å². The number of hydrogen-bond donors (Lipinski definition) is 0. The predicted octanol–water partition coefficient (Wildman–Crippen LogP) is 2.49. The van der Waals surface area contributed by atoms with Crippen LogP contribution in [0.3, 0.4) is 0 Å². The molecule has 0 N–H and O–H groups in total. The number of rotatable bonds is 0. The summed E-state index contributed by atoms with van der Waals surface area (Å²) in [5, 5.41) is 1.55. The Morgan fingerprint density at radius 1 is 1.31 bits per heavy atom. The largest absolute Gasteiger partial charge is 0.219 e. The smallest absolute Gasteiger partial charge is 0.202 e. The summed E-state index contributed by atoms with van der Waals surface area (Å²) in [6.45, 7) is 1.76. The van der Waals surface area contributed by atoms with Gasteiger partial charge in [-0.25, -0.2) is 8.42 Å². The van der Waals surface area contributed by atoms with Gasteiger partial charge in [-0.05, 0) is 24.1 Å². The molecule has 0 spiro atoms. The normalized spacial score (nSPS) is 18.2. The van der Waals surface area contributed by atoms with E-state index in [0.717, 1.165) is 5.57 Å². The molecule has 1 aromatic carbocycles. The summed E-state index contributed by atoms with van der Waals surface area (Å²) in [6, 6.07) is 5.10. The maximum absolute atomic E-state index is 11.5. The Labute approximate surface area is 81.8 Å². The van der Waals surface area contributed by atoms with Gasteiger partial charge < -0.3 is 0 Å². The van der Waals surface area contributed by atoms with E-state index in [0.29, 0.717) is 10.6 Å². The second kappa shape index (κ2) is 2.59. The Bertz CT molecular complexity index is 500. The Hall–Kier alpha value is -0.800. The highest BCUT2D eigenvalue weighted by atomic mass is 35.5. The molecule has 68 valence electrons. The lowest BCUT2D eigenvalue weighted by molar-refractivity contribution is 0.605. The summed E-state index contributed by atoms with van der Waals surface area (Å²) in [4.78, 5) is 0.245. The number of halogens is 1. The number of sulfone groups is 1. The molecule has 0 radical (unpaired) electrons. The van der Waals surface area contributed by atoms with Gasteiger partial charge in [0, 0.05) is 5.41 Å². The lowest BCUT2D eigenvalue weighted by atomic mass is 10.1. The van der Waals surface area contributed by atoms with Gasteiger partial charge in [0.1, 0.15) is 0 Å². The van der Waals surface area contributed by atoms with E-state index in [9.17, 15) is 8.42 Å². The molecule has 0 aromatic heterocycles. The summed E-state index contributed by atoms with van der Waals surface area (Å²) in [5.74, 6) is 0. The second-order valence-electron chi connectivity index (χ2n) is 2.96. The molecule has 1 aliphatic heterocycles. The predicted molar refractivity (Wildman–Crippen MR) is 52.3 cm³/mol. The summed E-state index contributed by atoms with van der Waals surface area (Å²) >= 11 is 5.81. The fourth-order valence-electron chi connectivity index (χ4n) is 1.46. The third-order valence-corrected chi connectivity index (χ3v) is 4.11. The molecule has 1 aliphatic rings. The minimum Gasteiger partial charge on any atom is -0.219 e. The van der Waals surface area contributed by atoms with Crippen molar-refractivity contribution >= 4 is 27.0 Å². The summed E-state index contributed by atoms with van der Waals surface area (Å²) < 4.78 is 23.0. The summed E-state index contributed by atoms with van der Waals surface area (Å²) in [6.07, 6.45) is 0. The monoisotopic (exact) mass is 214 g/mol. The molecule has 0 bridgehead atoms. The highest BCUT2D eigenvalue weighted by Gasteiger charge is 2.26. The van der Waals surface area contributed by atoms with Crippen LogP contribution in [0, 0.1) is 0 Å². The van der Waals surface area contributed by atoms with Crippen molar-refractivity contribution < 1.29 is 8.42 Å². The Morgan fingerprint density at radius 2 is 2.00 bits per heavy atom. The number of allylic oxidation sites excluding steroid dienone is 1. The molecule has 0 aliphatic carbocycles.